The van der Waals surface area contributed by atoms with Gasteiger partial charge < -0.3 is 0 Å². The minimum atomic E-state index is -0.762. The monoisotopic (exact) mass is 334 g/mol. The van der Waals surface area contributed by atoms with Gasteiger partial charge in [-0.3, -0.25) is 14.9 Å². The molecule has 2 rings (SSSR count). The van der Waals surface area contributed by atoms with E-state index >= 15 is 0 Å². The van der Waals surface area contributed by atoms with Gasteiger partial charge in [0.1, 0.15) is 0 Å². The lowest BCUT2D eigenvalue weighted by atomic mass is 9.89. The van der Waals surface area contributed by atoms with E-state index in [9.17, 15) is 20.2 Å². The second kappa shape index (κ2) is 8.02. The van der Waals surface area contributed by atoms with Crippen LogP contribution in [0.4, 0.5) is 5.69 Å². The Morgan fingerprint density at radius 1 is 1.24 bits per heavy atom. The van der Waals surface area contributed by atoms with Crippen molar-refractivity contribution in [2.24, 2.45) is 0 Å². The molecule has 0 bridgehead atoms. The number of para-hydroxylation sites is 1. The van der Waals surface area contributed by atoms with E-state index in [0.717, 1.165) is 11.1 Å². The molecule has 0 heterocycles. The van der Waals surface area contributed by atoms with Crippen molar-refractivity contribution in [3.63, 3.8) is 0 Å². The minimum Gasteiger partial charge on any atom is -0.295 e. The molecule has 5 nitrogen and oxygen atoms in total. The molecule has 0 amide bonds. The highest BCUT2D eigenvalue weighted by atomic mass is 16.6. The Balaban J connectivity index is 2.38. The minimum absolute atomic E-state index is 0.104. The Bertz CT molecular complexity index is 861. The number of nitro groups is 1. The Labute approximate surface area is 146 Å². The normalized spacial score (nSPS) is 12.3. The zero-order valence-electron chi connectivity index (χ0n) is 14.1. The average molecular weight is 334 g/mol. The van der Waals surface area contributed by atoms with Crippen molar-refractivity contribution in [2.75, 3.05) is 0 Å². The molecule has 1 atom stereocenters. The van der Waals surface area contributed by atoms with E-state index in [-0.39, 0.29) is 17.9 Å². The highest BCUT2D eigenvalue weighted by molar-refractivity contribution is 5.98. The quantitative estimate of drug-likeness (QED) is 0.440. The summed E-state index contributed by atoms with van der Waals surface area (Å²) in [5.41, 5.74) is 2.65. The van der Waals surface area contributed by atoms with E-state index < -0.39 is 10.8 Å². The Hall–Kier alpha value is -3.26. The van der Waals surface area contributed by atoms with Crippen molar-refractivity contribution in [1.82, 2.24) is 0 Å². The number of hydrogen-bond acceptors (Lipinski definition) is 4. The molecule has 0 spiro atoms. The molecule has 2 aromatic rings. The molecule has 0 radical (unpaired) electrons. The van der Waals surface area contributed by atoms with Gasteiger partial charge in [-0.15, -0.1) is 0 Å². The van der Waals surface area contributed by atoms with Gasteiger partial charge in [0, 0.05) is 11.6 Å². The van der Waals surface area contributed by atoms with Crippen LogP contribution in [-0.4, -0.2) is 10.7 Å². The first-order valence-corrected chi connectivity index (χ1v) is 7.83. The van der Waals surface area contributed by atoms with Crippen molar-refractivity contribution in [3.05, 3.63) is 80.9 Å². The average Bonchev–Trinajstić information content (AvgIpc) is 2.60. The molecule has 1 unspecified atom stereocenters. The molecule has 0 saturated heterocycles. The molecule has 0 N–H and O–H groups in total. The molecule has 126 valence electrons. The smallest absolute Gasteiger partial charge is 0.273 e. The molecule has 0 aliphatic rings. The van der Waals surface area contributed by atoms with E-state index in [4.69, 9.17) is 0 Å². The molecular formula is C20H18N2O3. The lowest BCUT2D eigenvalue weighted by Gasteiger charge is -2.11. The highest BCUT2D eigenvalue weighted by Crippen LogP contribution is 2.31. The van der Waals surface area contributed by atoms with Crippen LogP contribution in [0.1, 0.15) is 36.0 Å². The van der Waals surface area contributed by atoms with Gasteiger partial charge in [0.25, 0.3) is 5.69 Å². The number of aryl methyl sites for hydroxylation is 1. The SMILES string of the molecule is CC(=O)/C(=C/c1ccc(C)cc1)CC(C#N)c1ccccc1[N+](=O)[O-]. The number of benzene rings is 2. The van der Waals surface area contributed by atoms with Gasteiger partial charge in [-0.25, -0.2) is 0 Å². The third kappa shape index (κ3) is 4.61. The Morgan fingerprint density at radius 2 is 1.88 bits per heavy atom. The van der Waals surface area contributed by atoms with Crippen LogP contribution >= 0.6 is 0 Å². The zero-order chi connectivity index (χ0) is 18.4. The number of carbonyl (C=O) groups is 1. The first-order chi connectivity index (χ1) is 11.9. The van der Waals surface area contributed by atoms with Gasteiger partial charge in [0.2, 0.25) is 0 Å². The number of nitriles is 1. The van der Waals surface area contributed by atoms with Crippen LogP contribution < -0.4 is 0 Å². The molecule has 0 aromatic heterocycles. The van der Waals surface area contributed by atoms with Gasteiger partial charge in [0.15, 0.2) is 5.78 Å². The van der Waals surface area contributed by atoms with Crippen molar-refractivity contribution >= 4 is 17.5 Å². The number of hydrogen-bond donors (Lipinski definition) is 0. The second-order valence-corrected chi connectivity index (χ2v) is 5.84. The fourth-order valence-corrected chi connectivity index (χ4v) is 2.56. The third-order valence-electron chi connectivity index (χ3n) is 3.96. The van der Waals surface area contributed by atoms with E-state index in [1.807, 2.05) is 31.2 Å². The van der Waals surface area contributed by atoms with E-state index in [1.165, 1.54) is 13.0 Å². The van der Waals surface area contributed by atoms with Crippen molar-refractivity contribution in [3.8, 4) is 6.07 Å². The lowest BCUT2D eigenvalue weighted by Crippen LogP contribution is -2.06. The third-order valence-corrected chi connectivity index (χ3v) is 3.96. The summed E-state index contributed by atoms with van der Waals surface area (Å²) in [6.07, 6.45) is 1.87. The zero-order valence-corrected chi connectivity index (χ0v) is 14.1. The van der Waals surface area contributed by atoms with Crippen molar-refractivity contribution in [1.29, 1.82) is 5.26 Å². The number of Topliss-reactive ketones (excluding diaryl/α,β-unsaturated/α-hetero) is 1. The van der Waals surface area contributed by atoms with Crippen LogP contribution in [0.3, 0.4) is 0 Å². The van der Waals surface area contributed by atoms with Gasteiger partial charge in [-0.05, 0) is 37.5 Å². The summed E-state index contributed by atoms with van der Waals surface area (Å²) in [7, 11) is 0. The maximum absolute atomic E-state index is 12.0. The van der Waals surface area contributed by atoms with Gasteiger partial charge in [0.05, 0.1) is 16.9 Å². The summed E-state index contributed by atoms with van der Waals surface area (Å²) < 4.78 is 0. The molecule has 25 heavy (non-hydrogen) atoms. The summed E-state index contributed by atoms with van der Waals surface area (Å²) in [4.78, 5) is 22.7. The van der Waals surface area contributed by atoms with Crippen LogP contribution in [-0.2, 0) is 4.79 Å². The maximum Gasteiger partial charge on any atom is 0.273 e. The first-order valence-electron chi connectivity index (χ1n) is 7.83. The fraction of sp³-hybridized carbons (Fsp3) is 0.200. The largest absolute Gasteiger partial charge is 0.295 e. The predicted octanol–water partition coefficient (Wildman–Crippen LogP) is 4.57. The van der Waals surface area contributed by atoms with Crippen LogP contribution in [0.15, 0.2) is 54.1 Å². The van der Waals surface area contributed by atoms with Crippen LogP contribution in [0.25, 0.3) is 6.08 Å². The molecule has 2 aromatic carbocycles. The number of nitro benzene ring substituents is 1. The van der Waals surface area contributed by atoms with Crippen LogP contribution in [0.5, 0.6) is 0 Å². The molecule has 0 saturated carbocycles. The summed E-state index contributed by atoms with van der Waals surface area (Å²) in [6, 6.07) is 15.9. The number of ketones is 1. The summed E-state index contributed by atoms with van der Waals surface area (Å²) in [5, 5.41) is 20.7. The van der Waals surface area contributed by atoms with Crippen LogP contribution in [0, 0.1) is 28.4 Å². The fourth-order valence-electron chi connectivity index (χ4n) is 2.56. The summed E-state index contributed by atoms with van der Waals surface area (Å²) in [6.45, 7) is 3.41. The second-order valence-electron chi connectivity index (χ2n) is 5.84. The van der Waals surface area contributed by atoms with Crippen molar-refractivity contribution < 1.29 is 9.72 Å². The van der Waals surface area contributed by atoms with Gasteiger partial charge in [-0.1, -0.05) is 48.0 Å². The van der Waals surface area contributed by atoms with E-state index in [0.29, 0.717) is 11.1 Å². The molecule has 0 aliphatic carbocycles. The highest BCUT2D eigenvalue weighted by Gasteiger charge is 2.23. The molecular weight excluding hydrogens is 316 g/mol. The number of nitrogens with zero attached hydrogens (tertiary/aromatic N) is 2. The first kappa shape index (κ1) is 18.1. The number of allylic oxidation sites excluding steroid dienone is 1. The standard InChI is InChI=1S/C20H18N2O3/c1-14-7-9-16(10-8-14)11-17(15(2)23)12-18(13-21)19-5-3-4-6-20(19)22(24)25/h3-11,18H,12H2,1-2H3/b17-11+. The molecule has 0 fully saturated rings. The van der Waals surface area contributed by atoms with Crippen molar-refractivity contribution in [2.45, 2.75) is 26.2 Å². The predicted molar refractivity (Wildman–Crippen MR) is 95.9 cm³/mol. The number of rotatable bonds is 6. The van der Waals surface area contributed by atoms with E-state index in [2.05, 4.69) is 6.07 Å². The van der Waals surface area contributed by atoms with Crippen LogP contribution in [0.2, 0.25) is 0 Å². The summed E-state index contributed by atoms with van der Waals surface area (Å²) in [5.74, 6) is -0.915. The topological polar surface area (TPSA) is 84.0 Å². The molecule has 5 heteroatoms. The van der Waals surface area contributed by atoms with Gasteiger partial charge in [-0.2, -0.15) is 5.26 Å². The summed E-state index contributed by atoms with van der Waals surface area (Å²) >= 11 is 0. The maximum atomic E-state index is 12.0. The van der Waals surface area contributed by atoms with Gasteiger partial charge >= 0.3 is 0 Å². The molecule has 0 aliphatic heterocycles. The Kier molecular flexibility index (Phi) is 5.80. The lowest BCUT2D eigenvalue weighted by molar-refractivity contribution is -0.385. The van der Waals surface area contributed by atoms with E-state index in [1.54, 1.807) is 24.3 Å². The number of carbonyl (C=O) groups excluding carboxylic acids is 1. The Morgan fingerprint density at radius 3 is 2.44 bits per heavy atom.